The molecule has 0 aliphatic carbocycles. The summed E-state index contributed by atoms with van der Waals surface area (Å²) in [5.74, 6) is 0.757. The van der Waals surface area contributed by atoms with Crippen molar-refractivity contribution >= 4 is 17.2 Å². The van der Waals surface area contributed by atoms with Crippen LogP contribution in [0.3, 0.4) is 0 Å². The van der Waals surface area contributed by atoms with Gasteiger partial charge in [0, 0.05) is 25.0 Å². The summed E-state index contributed by atoms with van der Waals surface area (Å²) in [5.41, 5.74) is 0.188. The van der Waals surface area contributed by atoms with Crippen LogP contribution in [0, 0.1) is 11.3 Å². The number of thiophene rings is 1. The monoisotopic (exact) mass is 351 g/mol. The van der Waals surface area contributed by atoms with Gasteiger partial charge in [0.1, 0.15) is 0 Å². The van der Waals surface area contributed by atoms with Crippen molar-refractivity contribution in [2.24, 2.45) is 11.3 Å². The van der Waals surface area contributed by atoms with E-state index in [1.807, 2.05) is 4.90 Å². The van der Waals surface area contributed by atoms with Crippen molar-refractivity contribution in [1.82, 2.24) is 4.90 Å². The molecule has 2 heterocycles. The van der Waals surface area contributed by atoms with Crippen molar-refractivity contribution < 1.29 is 9.53 Å². The molecule has 0 N–H and O–H groups in total. The second kappa shape index (κ2) is 7.57. The molecule has 1 fully saturated rings. The van der Waals surface area contributed by atoms with Gasteiger partial charge in [-0.15, -0.1) is 11.3 Å². The standard InChI is InChI=1S/C20H33NO2S/c1-15(2)20(10-12-23-19(5,6)14-20)9-11-21(17(4)22)16(3)18-8-7-13-24-18/h7-8,13,15-16H,9-12,14H2,1-6H3/t16-,20+/m1/s1. The lowest BCUT2D eigenvalue weighted by molar-refractivity contribution is -0.135. The van der Waals surface area contributed by atoms with Crippen molar-refractivity contribution in [2.75, 3.05) is 13.2 Å². The van der Waals surface area contributed by atoms with E-state index in [2.05, 4.69) is 52.1 Å². The number of carbonyl (C=O) groups is 1. The molecule has 0 radical (unpaired) electrons. The third-order valence-corrected chi connectivity index (χ3v) is 6.82. The number of hydrogen-bond donors (Lipinski definition) is 0. The minimum absolute atomic E-state index is 0.0665. The summed E-state index contributed by atoms with van der Waals surface area (Å²) < 4.78 is 5.95. The molecule has 136 valence electrons. The molecule has 1 aliphatic rings. The Kier molecular flexibility index (Phi) is 6.14. The molecule has 0 aromatic carbocycles. The van der Waals surface area contributed by atoms with Crippen LogP contribution in [0.5, 0.6) is 0 Å². The third kappa shape index (κ3) is 4.40. The Morgan fingerprint density at radius 3 is 2.58 bits per heavy atom. The number of amides is 1. The Morgan fingerprint density at radius 1 is 1.38 bits per heavy atom. The van der Waals surface area contributed by atoms with E-state index in [1.165, 1.54) is 4.88 Å². The first-order valence-corrected chi connectivity index (χ1v) is 9.99. The molecular weight excluding hydrogens is 318 g/mol. The van der Waals surface area contributed by atoms with Gasteiger partial charge in [-0.05, 0) is 62.8 Å². The van der Waals surface area contributed by atoms with E-state index in [0.717, 1.165) is 32.4 Å². The number of carbonyl (C=O) groups excluding carboxylic acids is 1. The first-order valence-electron chi connectivity index (χ1n) is 9.11. The van der Waals surface area contributed by atoms with Gasteiger partial charge in [0.25, 0.3) is 0 Å². The summed E-state index contributed by atoms with van der Waals surface area (Å²) in [6.07, 6.45) is 3.21. The molecule has 1 aromatic heterocycles. The first kappa shape index (κ1) is 19.5. The molecule has 1 saturated heterocycles. The lowest BCUT2D eigenvalue weighted by Gasteiger charge is -2.48. The van der Waals surface area contributed by atoms with Gasteiger partial charge in [0.05, 0.1) is 11.6 Å². The molecule has 1 aliphatic heterocycles. The molecule has 0 unspecified atom stereocenters. The second-order valence-electron chi connectivity index (χ2n) is 8.21. The molecule has 0 spiro atoms. The number of rotatable bonds is 6. The molecule has 0 saturated carbocycles. The van der Waals surface area contributed by atoms with E-state index < -0.39 is 0 Å². The van der Waals surface area contributed by atoms with E-state index in [-0.39, 0.29) is 23.0 Å². The van der Waals surface area contributed by atoms with Gasteiger partial charge in [0.2, 0.25) is 5.91 Å². The van der Waals surface area contributed by atoms with Gasteiger partial charge >= 0.3 is 0 Å². The molecule has 24 heavy (non-hydrogen) atoms. The smallest absolute Gasteiger partial charge is 0.219 e. The fourth-order valence-electron chi connectivity index (χ4n) is 4.16. The predicted octanol–water partition coefficient (Wildman–Crippen LogP) is 5.28. The molecular formula is C20H33NO2S. The highest BCUT2D eigenvalue weighted by molar-refractivity contribution is 7.10. The Labute approximate surface area is 151 Å². The van der Waals surface area contributed by atoms with Crippen LogP contribution in [0.1, 0.15) is 71.7 Å². The zero-order chi connectivity index (χ0) is 18.0. The number of ether oxygens (including phenoxy) is 1. The Bertz CT molecular complexity index is 538. The maximum atomic E-state index is 12.3. The minimum Gasteiger partial charge on any atom is -0.376 e. The Balaban J connectivity index is 2.12. The Hall–Kier alpha value is -0.870. The van der Waals surface area contributed by atoms with Gasteiger partial charge in [0.15, 0.2) is 0 Å². The fourth-order valence-corrected chi connectivity index (χ4v) is 4.96. The van der Waals surface area contributed by atoms with Crippen molar-refractivity contribution in [3.05, 3.63) is 22.4 Å². The average Bonchev–Trinajstić information content (AvgIpc) is 2.99. The summed E-state index contributed by atoms with van der Waals surface area (Å²) in [7, 11) is 0. The van der Waals surface area contributed by atoms with Crippen LogP contribution in [0.15, 0.2) is 17.5 Å². The van der Waals surface area contributed by atoms with Gasteiger partial charge < -0.3 is 9.64 Å². The number of hydrogen-bond acceptors (Lipinski definition) is 3. The average molecular weight is 352 g/mol. The summed E-state index contributed by atoms with van der Waals surface area (Å²) in [4.78, 5) is 15.6. The zero-order valence-corrected chi connectivity index (χ0v) is 16.9. The maximum Gasteiger partial charge on any atom is 0.219 e. The molecule has 4 heteroatoms. The minimum atomic E-state index is -0.0665. The predicted molar refractivity (Wildman–Crippen MR) is 101 cm³/mol. The molecule has 2 rings (SSSR count). The Morgan fingerprint density at radius 2 is 2.08 bits per heavy atom. The van der Waals surface area contributed by atoms with Gasteiger partial charge in [-0.2, -0.15) is 0 Å². The SMILES string of the molecule is CC(=O)N(CC[C@]1(C(C)C)CCOC(C)(C)C1)[C@H](C)c1cccs1. The number of nitrogens with zero attached hydrogens (tertiary/aromatic N) is 1. The normalized spacial score (nSPS) is 24.8. The molecule has 2 atom stereocenters. The highest BCUT2D eigenvalue weighted by atomic mass is 32.1. The summed E-state index contributed by atoms with van der Waals surface area (Å²) in [5, 5.41) is 2.08. The van der Waals surface area contributed by atoms with Crippen molar-refractivity contribution in [2.45, 2.75) is 72.4 Å². The van der Waals surface area contributed by atoms with Crippen LogP contribution in [-0.2, 0) is 9.53 Å². The van der Waals surface area contributed by atoms with Crippen LogP contribution in [0.2, 0.25) is 0 Å². The molecule has 1 aromatic rings. The first-order chi connectivity index (χ1) is 11.2. The van der Waals surface area contributed by atoms with Crippen molar-refractivity contribution in [3.63, 3.8) is 0 Å². The summed E-state index contributed by atoms with van der Waals surface area (Å²) >= 11 is 1.73. The second-order valence-corrected chi connectivity index (χ2v) is 9.19. The lowest BCUT2D eigenvalue weighted by Crippen LogP contribution is -2.46. The summed E-state index contributed by atoms with van der Waals surface area (Å²) in [6, 6.07) is 4.34. The maximum absolute atomic E-state index is 12.3. The largest absolute Gasteiger partial charge is 0.376 e. The quantitative estimate of drug-likeness (QED) is 0.698. The lowest BCUT2D eigenvalue weighted by atomic mass is 9.65. The van der Waals surface area contributed by atoms with Crippen LogP contribution in [0.25, 0.3) is 0 Å². The van der Waals surface area contributed by atoms with Crippen molar-refractivity contribution in [3.8, 4) is 0 Å². The molecule has 1 amide bonds. The van der Waals surface area contributed by atoms with Crippen LogP contribution < -0.4 is 0 Å². The zero-order valence-electron chi connectivity index (χ0n) is 16.1. The van der Waals surface area contributed by atoms with Gasteiger partial charge in [-0.1, -0.05) is 19.9 Å². The highest BCUT2D eigenvalue weighted by Gasteiger charge is 2.43. The molecule has 3 nitrogen and oxygen atoms in total. The van der Waals surface area contributed by atoms with E-state index in [4.69, 9.17) is 4.74 Å². The van der Waals surface area contributed by atoms with E-state index in [1.54, 1.807) is 18.3 Å². The highest BCUT2D eigenvalue weighted by Crippen LogP contribution is 2.47. The summed E-state index contributed by atoms with van der Waals surface area (Å²) in [6.45, 7) is 14.5. The van der Waals surface area contributed by atoms with Crippen molar-refractivity contribution in [1.29, 1.82) is 0 Å². The topological polar surface area (TPSA) is 29.5 Å². The molecule has 0 bridgehead atoms. The fraction of sp³-hybridized carbons (Fsp3) is 0.750. The van der Waals surface area contributed by atoms with E-state index in [9.17, 15) is 4.79 Å². The van der Waals surface area contributed by atoms with E-state index in [0.29, 0.717) is 5.92 Å². The van der Waals surface area contributed by atoms with Gasteiger partial charge in [-0.3, -0.25) is 4.79 Å². The van der Waals surface area contributed by atoms with E-state index >= 15 is 0 Å². The van der Waals surface area contributed by atoms with Crippen LogP contribution in [0.4, 0.5) is 0 Å². The van der Waals surface area contributed by atoms with Crippen LogP contribution >= 0.6 is 11.3 Å². The van der Waals surface area contributed by atoms with Gasteiger partial charge in [-0.25, -0.2) is 0 Å². The third-order valence-electron chi connectivity index (χ3n) is 5.77. The van der Waals surface area contributed by atoms with Crippen LogP contribution in [-0.4, -0.2) is 29.6 Å².